The molecule has 1 aromatic carbocycles. The van der Waals surface area contributed by atoms with Crippen LogP contribution in [-0.4, -0.2) is 81.2 Å². The van der Waals surface area contributed by atoms with Gasteiger partial charge in [-0.15, -0.1) is 0 Å². The zero-order valence-electron chi connectivity index (χ0n) is 14.8. The number of methoxy groups -OCH3 is 1. The lowest BCUT2D eigenvalue weighted by Gasteiger charge is -2.29. The molecule has 12 heteroatoms. The highest BCUT2D eigenvalue weighted by molar-refractivity contribution is 7.92. The van der Waals surface area contributed by atoms with Gasteiger partial charge in [-0.2, -0.15) is 4.31 Å². The number of hydrogen-bond donors (Lipinski definition) is 3. The van der Waals surface area contributed by atoms with Crippen molar-refractivity contribution in [2.45, 2.75) is 24.0 Å². The van der Waals surface area contributed by atoms with Crippen LogP contribution in [0.25, 0.3) is 0 Å². The third kappa shape index (κ3) is 4.76. The highest BCUT2D eigenvalue weighted by Gasteiger charge is 2.45. The van der Waals surface area contributed by atoms with Gasteiger partial charge in [-0.05, 0) is 18.2 Å². The van der Waals surface area contributed by atoms with Crippen LogP contribution in [0.1, 0.15) is 6.92 Å². The smallest absolute Gasteiger partial charge is 0.247 e. The van der Waals surface area contributed by atoms with E-state index in [4.69, 9.17) is 4.74 Å². The van der Waals surface area contributed by atoms with Crippen molar-refractivity contribution >= 4 is 31.5 Å². The quantitative estimate of drug-likeness (QED) is 0.496. The SMILES string of the molecule is COc1ccc(NC(C)=O)cc1S(=O)(=O)N(CCO)[C@H]1CS(=O)(=O)C[C@H]1O. The number of sulfone groups is 1. The number of aliphatic hydroxyl groups excluding tert-OH is 2. The first-order valence-electron chi connectivity index (χ1n) is 7.98. The van der Waals surface area contributed by atoms with Crippen LogP contribution in [-0.2, 0) is 24.7 Å². The summed E-state index contributed by atoms with van der Waals surface area (Å²) >= 11 is 0. The molecule has 10 nitrogen and oxygen atoms in total. The van der Waals surface area contributed by atoms with Crippen LogP contribution < -0.4 is 10.1 Å². The van der Waals surface area contributed by atoms with Gasteiger partial charge in [-0.25, -0.2) is 16.8 Å². The number of carbonyl (C=O) groups excluding carboxylic acids is 1. The van der Waals surface area contributed by atoms with Crippen LogP contribution >= 0.6 is 0 Å². The molecule has 2 rings (SSSR count). The Balaban J connectivity index is 2.54. The van der Waals surface area contributed by atoms with E-state index in [9.17, 15) is 31.8 Å². The summed E-state index contributed by atoms with van der Waals surface area (Å²) in [5, 5.41) is 21.8. The fourth-order valence-electron chi connectivity index (χ4n) is 2.93. The molecule has 1 fully saturated rings. The second-order valence-electron chi connectivity index (χ2n) is 6.10. The Morgan fingerprint density at radius 3 is 2.52 bits per heavy atom. The van der Waals surface area contributed by atoms with Gasteiger partial charge in [0.2, 0.25) is 15.9 Å². The number of nitrogens with one attached hydrogen (secondary N) is 1. The molecule has 1 aliphatic heterocycles. The molecule has 3 N–H and O–H groups in total. The van der Waals surface area contributed by atoms with Crippen molar-refractivity contribution < 1.29 is 36.6 Å². The molecule has 1 aliphatic rings. The fraction of sp³-hybridized carbons (Fsp3) is 0.533. The van der Waals surface area contributed by atoms with Gasteiger partial charge in [-0.1, -0.05) is 0 Å². The summed E-state index contributed by atoms with van der Waals surface area (Å²) in [5.41, 5.74) is 0.199. The Labute approximate surface area is 157 Å². The summed E-state index contributed by atoms with van der Waals surface area (Å²) in [4.78, 5) is 10.9. The number of sulfonamides is 1. The highest BCUT2D eigenvalue weighted by Crippen LogP contribution is 2.32. The van der Waals surface area contributed by atoms with Gasteiger partial charge >= 0.3 is 0 Å². The first kappa shape index (κ1) is 21.6. The molecular formula is C15H22N2O8S2. The molecule has 0 aliphatic carbocycles. The van der Waals surface area contributed by atoms with Gasteiger partial charge < -0.3 is 20.3 Å². The van der Waals surface area contributed by atoms with Crippen LogP contribution in [0.5, 0.6) is 5.75 Å². The summed E-state index contributed by atoms with van der Waals surface area (Å²) < 4.78 is 55.9. The maximum Gasteiger partial charge on any atom is 0.247 e. The first-order valence-corrected chi connectivity index (χ1v) is 11.2. The van der Waals surface area contributed by atoms with Crippen LogP contribution in [0.3, 0.4) is 0 Å². The predicted octanol–water partition coefficient (Wildman–Crippen LogP) is -1.21. The third-order valence-corrected chi connectivity index (χ3v) is 7.70. The maximum atomic E-state index is 13.2. The van der Waals surface area contributed by atoms with E-state index in [1.54, 1.807) is 0 Å². The van der Waals surface area contributed by atoms with Crippen molar-refractivity contribution in [3.63, 3.8) is 0 Å². The van der Waals surface area contributed by atoms with E-state index in [1.165, 1.54) is 32.2 Å². The van der Waals surface area contributed by atoms with E-state index in [0.717, 1.165) is 4.31 Å². The minimum atomic E-state index is -4.36. The van der Waals surface area contributed by atoms with Crippen molar-refractivity contribution in [1.82, 2.24) is 4.31 Å². The molecule has 0 aromatic heterocycles. The molecule has 1 saturated heterocycles. The van der Waals surface area contributed by atoms with Crippen molar-refractivity contribution in [2.24, 2.45) is 0 Å². The molecular weight excluding hydrogens is 400 g/mol. The number of aliphatic hydroxyl groups is 2. The van der Waals surface area contributed by atoms with Gasteiger partial charge in [-0.3, -0.25) is 4.79 Å². The molecule has 27 heavy (non-hydrogen) atoms. The monoisotopic (exact) mass is 422 g/mol. The maximum absolute atomic E-state index is 13.2. The van der Waals surface area contributed by atoms with E-state index in [0.29, 0.717) is 0 Å². The summed E-state index contributed by atoms with van der Waals surface area (Å²) in [5.74, 6) is -1.55. The largest absolute Gasteiger partial charge is 0.495 e. The van der Waals surface area contributed by atoms with Crippen LogP contribution in [0.2, 0.25) is 0 Å². The van der Waals surface area contributed by atoms with Gasteiger partial charge in [0.1, 0.15) is 10.6 Å². The topological polar surface area (TPSA) is 150 Å². The van der Waals surface area contributed by atoms with Crippen LogP contribution in [0.4, 0.5) is 5.69 Å². The Hall–Kier alpha value is -1.73. The Morgan fingerprint density at radius 1 is 1.37 bits per heavy atom. The number of hydrogen-bond acceptors (Lipinski definition) is 8. The van der Waals surface area contributed by atoms with E-state index in [2.05, 4.69) is 5.32 Å². The van der Waals surface area contributed by atoms with Crippen molar-refractivity contribution in [2.75, 3.05) is 37.1 Å². The lowest BCUT2D eigenvalue weighted by atomic mass is 10.2. The molecule has 0 bridgehead atoms. The molecule has 0 radical (unpaired) electrons. The lowest BCUT2D eigenvalue weighted by Crippen LogP contribution is -2.47. The lowest BCUT2D eigenvalue weighted by molar-refractivity contribution is -0.114. The van der Waals surface area contributed by atoms with Gasteiger partial charge in [0.25, 0.3) is 0 Å². The number of benzene rings is 1. The van der Waals surface area contributed by atoms with E-state index >= 15 is 0 Å². The number of amides is 1. The standard InChI is InChI=1S/C15H22N2O8S2/c1-10(19)16-11-3-4-14(25-2)15(7-11)27(23,24)17(5-6-18)12-8-26(21,22)9-13(12)20/h3-4,7,12-13,18,20H,5-6,8-9H2,1-2H3,(H,16,19)/t12-,13+/m0/s1. The van der Waals surface area contributed by atoms with E-state index < -0.39 is 62.6 Å². The molecule has 0 unspecified atom stereocenters. The predicted molar refractivity (Wildman–Crippen MR) is 96.7 cm³/mol. The second-order valence-corrected chi connectivity index (χ2v) is 10.1. The molecule has 1 amide bonds. The minimum Gasteiger partial charge on any atom is -0.495 e. The minimum absolute atomic E-state index is 0.0256. The molecule has 1 heterocycles. The average molecular weight is 422 g/mol. The molecule has 152 valence electrons. The first-order chi connectivity index (χ1) is 12.5. The number of carbonyl (C=O) groups is 1. The van der Waals surface area contributed by atoms with Crippen LogP contribution in [0.15, 0.2) is 23.1 Å². The number of anilines is 1. The van der Waals surface area contributed by atoms with E-state index in [1.807, 2.05) is 0 Å². The third-order valence-electron chi connectivity index (χ3n) is 4.05. The summed E-state index contributed by atoms with van der Waals surface area (Å²) in [6.07, 6.45) is -1.42. The second kappa shape index (κ2) is 8.10. The fourth-order valence-corrected chi connectivity index (χ4v) is 6.66. The van der Waals surface area contributed by atoms with Gasteiger partial charge in [0, 0.05) is 19.2 Å². The molecule has 0 saturated carbocycles. The summed E-state index contributed by atoms with van der Waals surface area (Å²) in [6.45, 7) is 0.277. The van der Waals surface area contributed by atoms with Crippen molar-refractivity contribution in [3.05, 3.63) is 18.2 Å². The summed E-state index contributed by atoms with van der Waals surface area (Å²) in [6, 6.07) is 2.73. The molecule has 1 aromatic rings. The molecule has 2 atom stereocenters. The Bertz CT molecular complexity index is 914. The van der Waals surface area contributed by atoms with Gasteiger partial charge in [0.15, 0.2) is 9.84 Å². The normalized spacial score (nSPS) is 22.0. The zero-order chi connectivity index (χ0) is 20.4. The number of ether oxygens (including phenoxy) is 1. The average Bonchev–Trinajstić information content (AvgIpc) is 2.84. The Morgan fingerprint density at radius 2 is 2.04 bits per heavy atom. The number of nitrogens with zero attached hydrogens (tertiary/aromatic N) is 1. The molecule has 0 spiro atoms. The Kier molecular flexibility index (Phi) is 6.47. The summed E-state index contributed by atoms with van der Waals surface area (Å²) in [7, 11) is -6.71. The number of rotatable bonds is 7. The van der Waals surface area contributed by atoms with Crippen molar-refractivity contribution in [1.29, 1.82) is 0 Å². The van der Waals surface area contributed by atoms with E-state index in [-0.39, 0.29) is 16.3 Å². The van der Waals surface area contributed by atoms with Crippen LogP contribution in [0, 0.1) is 0 Å². The highest BCUT2D eigenvalue weighted by atomic mass is 32.2. The van der Waals surface area contributed by atoms with Gasteiger partial charge in [0.05, 0.1) is 37.4 Å². The zero-order valence-corrected chi connectivity index (χ0v) is 16.5. The van der Waals surface area contributed by atoms with Crippen molar-refractivity contribution in [3.8, 4) is 5.75 Å².